The second-order valence-electron chi connectivity index (χ2n) is 6.68. The number of cyclic esters (lactones) is 1. The average Bonchev–Trinajstić information content (AvgIpc) is 3.28. The number of fused-ring (bicyclic) bond motifs is 2. The van der Waals surface area contributed by atoms with Gasteiger partial charge in [0, 0.05) is 5.56 Å². The maximum atomic E-state index is 12.3. The molecule has 0 amide bonds. The van der Waals surface area contributed by atoms with E-state index in [1.165, 1.54) is 10.9 Å². The molecule has 0 fully saturated rings. The summed E-state index contributed by atoms with van der Waals surface area (Å²) in [5.74, 6) is 1.61. The SMILES string of the molecule is Cc1ccc2cc(C3=C/C(=C/c4ccc5c(c4)OCO5)C(=O)O3)ccc2c1. The molecule has 0 N–H and O–H groups in total. The maximum absolute atomic E-state index is 12.3. The number of hydrogen-bond acceptors (Lipinski definition) is 4. The Morgan fingerprint density at radius 3 is 2.63 bits per heavy atom. The first-order valence-electron chi connectivity index (χ1n) is 8.72. The van der Waals surface area contributed by atoms with E-state index in [4.69, 9.17) is 14.2 Å². The molecule has 0 saturated heterocycles. The highest BCUT2D eigenvalue weighted by molar-refractivity contribution is 6.05. The van der Waals surface area contributed by atoms with Crippen LogP contribution in [-0.2, 0) is 9.53 Å². The van der Waals surface area contributed by atoms with Gasteiger partial charge in [0.15, 0.2) is 11.5 Å². The van der Waals surface area contributed by atoms with E-state index in [1.54, 1.807) is 12.2 Å². The van der Waals surface area contributed by atoms with Crippen molar-refractivity contribution in [3.05, 3.63) is 82.9 Å². The number of esters is 1. The van der Waals surface area contributed by atoms with E-state index in [1.807, 2.05) is 36.4 Å². The standard InChI is InChI=1S/C23H16O4/c1-14-2-4-17-11-18(6-5-16(17)8-14)21-12-19(23(24)27-21)9-15-3-7-20-22(10-15)26-13-25-20/h2-12H,13H2,1H3/b19-9-. The number of ether oxygens (including phenoxy) is 3. The zero-order chi connectivity index (χ0) is 18.4. The van der Waals surface area contributed by atoms with E-state index in [2.05, 4.69) is 25.1 Å². The molecule has 0 radical (unpaired) electrons. The highest BCUT2D eigenvalue weighted by Gasteiger charge is 2.22. The van der Waals surface area contributed by atoms with Crippen molar-refractivity contribution in [2.24, 2.45) is 0 Å². The molecule has 0 aliphatic carbocycles. The fraction of sp³-hybridized carbons (Fsp3) is 0.0870. The van der Waals surface area contributed by atoms with Crippen LogP contribution in [0.4, 0.5) is 0 Å². The molecule has 132 valence electrons. The summed E-state index contributed by atoms with van der Waals surface area (Å²) in [5, 5.41) is 2.28. The minimum Gasteiger partial charge on any atom is -0.454 e. The lowest BCUT2D eigenvalue weighted by atomic mass is 10.0. The molecule has 27 heavy (non-hydrogen) atoms. The second-order valence-corrected chi connectivity index (χ2v) is 6.68. The Morgan fingerprint density at radius 2 is 1.70 bits per heavy atom. The van der Waals surface area contributed by atoms with E-state index in [0.717, 1.165) is 16.5 Å². The fourth-order valence-corrected chi connectivity index (χ4v) is 3.33. The lowest BCUT2D eigenvalue weighted by Gasteiger charge is -2.05. The van der Waals surface area contributed by atoms with Gasteiger partial charge >= 0.3 is 5.97 Å². The Balaban J connectivity index is 1.49. The normalized spacial score (nSPS) is 16.7. The summed E-state index contributed by atoms with van der Waals surface area (Å²) in [7, 11) is 0. The van der Waals surface area contributed by atoms with Crippen LogP contribution in [0, 0.1) is 6.92 Å². The third-order valence-electron chi connectivity index (χ3n) is 4.72. The fourth-order valence-electron chi connectivity index (χ4n) is 3.33. The maximum Gasteiger partial charge on any atom is 0.343 e. The lowest BCUT2D eigenvalue weighted by molar-refractivity contribution is -0.130. The lowest BCUT2D eigenvalue weighted by Crippen LogP contribution is -1.97. The molecule has 0 spiro atoms. The first-order chi connectivity index (χ1) is 13.2. The molecule has 2 aliphatic rings. The van der Waals surface area contributed by atoms with Gasteiger partial charge in [-0.1, -0.05) is 42.0 Å². The van der Waals surface area contributed by atoms with Crippen LogP contribution >= 0.6 is 0 Å². The van der Waals surface area contributed by atoms with Gasteiger partial charge in [-0.15, -0.1) is 0 Å². The zero-order valence-corrected chi connectivity index (χ0v) is 14.7. The second kappa shape index (κ2) is 6.02. The molecule has 4 nitrogen and oxygen atoms in total. The summed E-state index contributed by atoms with van der Waals surface area (Å²) < 4.78 is 16.2. The number of aryl methyl sites for hydroxylation is 1. The zero-order valence-electron chi connectivity index (χ0n) is 14.7. The number of benzene rings is 3. The molecular formula is C23H16O4. The first kappa shape index (κ1) is 15.7. The van der Waals surface area contributed by atoms with Crippen molar-refractivity contribution in [2.75, 3.05) is 6.79 Å². The Bertz CT molecular complexity index is 1150. The van der Waals surface area contributed by atoms with E-state index in [-0.39, 0.29) is 12.8 Å². The van der Waals surface area contributed by atoms with Gasteiger partial charge in [-0.3, -0.25) is 0 Å². The minimum atomic E-state index is -0.355. The minimum absolute atomic E-state index is 0.225. The van der Waals surface area contributed by atoms with Crippen LogP contribution in [-0.4, -0.2) is 12.8 Å². The Morgan fingerprint density at radius 1 is 0.889 bits per heavy atom. The summed E-state index contributed by atoms with van der Waals surface area (Å²) >= 11 is 0. The molecular weight excluding hydrogens is 340 g/mol. The van der Waals surface area contributed by atoms with Crippen molar-refractivity contribution >= 4 is 28.6 Å². The van der Waals surface area contributed by atoms with Crippen LogP contribution in [0.15, 0.2) is 66.2 Å². The molecule has 4 heteroatoms. The first-order valence-corrected chi connectivity index (χ1v) is 8.72. The van der Waals surface area contributed by atoms with E-state index >= 15 is 0 Å². The van der Waals surface area contributed by atoms with Crippen LogP contribution < -0.4 is 9.47 Å². The van der Waals surface area contributed by atoms with Gasteiger partial charge in [0.1, 0.15) is 5.76 Å². The summed E-state index contributed by atoms with van der Waals surface area (Å²) in [6, 6.07) is 17.9. The largest absolute Gasteiger partial charge is 0.454 e. The molecule has 0 aromatic heterocycles. The van der Waals surface area contributed by atoms with Crippen molar-refractivity contribution in [1.82, 2.24) is 0 Å². The summed E-state index contributed by atoms with van der Waals surface area (Å²) in [5.41, 5.74) is 3.47. The predicted molar refractivity (Wildman–Crippen MR) is 103 cm³/mol. The molecule has 2 heterocycles. The smallest absolute Gasteiger partial charge is 0.343 e. The Labute approximate surface area is 156 Å². The molecule has 5 rings (SSSR count). The molecule has 2 aliphatic heterocycles. The van der Waals surface area contributed by atoms with E-state index < -0.39 is 0 Å². The molecule has 0 unspecified atom stereocenters. The van der Waals surface area contributed by atoms with Gasteiger partial charge in [-0.25, -0.2) is 4.79 Å². The van der Waals surface area contributed by atoms with Gasteiger partial charge < -0.3 is 14.2 Å². The topological polar surface area (TPSA) is 44.8 Å². The number of hydrogen-bond donors (Lipinski definition) is 0. The summed E-state index contributed by atoms with van der Waals surface area (Å²) in [4.78, 5) is 12.3. The van der Waals surface area contributed by atoms with Crippen LogP contribution in [0.25, 0.3) is 22.6 Å². The predicted octanol–water partition coefficient (Wildman–Crippen LogP) is 4.86. The molecule has 3 aromatic carbocycles. The quantitative estimate of drug-likeness (QED) is 0.486. The van der Waals surface area contributed by atoms with Crippen LogP contribution in [0.1, 0.15) is 16.7 Å². The van der Waals surface area contributed by atoms with Crippen molar-refractivity contribution in [2.45, 2.75) is 6.92 Å². The molecule has 3 aromatic rings. The van der Waals surface area contributed by atoms with Gasteiger partial charge in [0.25, 0.3) is 0 Å². The van der Waals surface area contributed by atoms with Crippen LogP contribution in [0.5, 0.6) is 11.5 Å². The highest BCUT2D eigenvalue weighted by Crippen LogP contribution is 2.34. The summed E-state index contributed by atoms with van der Waals surface area (Å²) in [6.07, 6.45) is 3.57. The van der Waals surface area contributed by atoms with Crippen molar-refractivity contribution in [3.63, 3.8) is 0 Å². The molecule has 0 atom stereocenters. The van der Waals surface area contributed by atoms with Gasteiger partial charge in [-0.05, 0) is 53.6 Å². The number of carbonyl (C=O) groups excluding carboxylic acids is 1. The Kier molecular flexibility index (Phi) is 3.50. The molecule has 0 saturated carbocycles. The van der Waals surface area contributed by atoms with Crippen molar-refractivity contribution in [1.29, 1.82) is 0 Å². The van der Waals surface area contributed by atoms with Crippen LogP contribution in [0.2, 0.25) is 0 Å². The highest BCUT2D eigenvalue weighted by atomic mass is 16.7. The van der Waals surface area contributed by atoms with E-state index in [9.17, 15) is 4.79 Å². The Hall–Kier alpha value is -3.53. The number of rotatable bonds is 2. The van der Waals surface area contributed by atoms with E-state index in [0.29, 0.717) is 22.8 Å². The van der Waals surface area contributed by atoms with Crippen LogP contribution in [0.3, 0.4) is 0 Å². The van der Waals surface area contributed by atoms with Gasteiger partial charge in [-0.2, -0.15) is 0 Å². The average molecular weight is 356 g/mol. The van der Waals surface area contributed by atoms with Gasteiger partial charge in [0.05, 0.1) is 5.57 Å². The van der Waals surface area contributed by atoms with Crippen molar-refractivity contribution in [3.8, 4) is 11.5 Å². The number of carbonyl (C=O) groups is 1. The third-order valence-corrected chi connectivity index (χ3v) is 4.72. The monoisotopic (exact) mass is 356 g/mol. The van der Waals surface area contributed by atoms with Gasteiger partial charge in [0.2, 0.25) is 6.79 Å². The summed E-state index contributed by atoms with van der Waals surface area (Å²) in [6.45, 7) is 2.30. The third kappa shape index (κ3) is 2.85. The molecule has 0 bridgehead atoms. The van der Waals surface area contributed by atoms with Crippen molar-refractivity contribution < 1.29 is 19.0 Å².